The normalized spacial score (nSPS) is 16.9. The minimum Gasteiger partial charge on any atom is -0.362 e. The summed E-state index contributed by atoms with van der Waals surface area (Å²) in [7, 11) is 0. The van der Waals surface area contributed by atoms with Crippen molar-refractivity contribution < 1.29 is 4.79 Å². The van der Waals surface area contributed by atoms with Crippen LogP contribution in [-0.2, 0) is 4.79 Å². The van der Waals surface area contributed by atoms with Gasteiger partial charge in [-0.2, -0.15) is 0 Å². The monoisotopic (exact) mass is 283 g/mol. The Balaban J connectivity index is 1.98. The Labute approximate surface area is 122 Å². The van der Waals surface area contributed by atoms with Crippen molar-refractivity contribution in [3.63, 3.8) is 0 Å². The van der Waals surface area contributed by atoms with Gasteiger partial charge in [0.15, 0.2) is 5.11 Å². The second kappa shape index (κ2) is 4.94. The zero-order valence-corrected chi connectivity index (χ0v) is 11.7. The van der Waals surface area contributed by atoms with Crippen molar-refractivity contribution in [3.8, 4) is 0 Å². The van der Waals surface area contributed by atoms with Crippen molar-refractivity contribution in [2.24, 2.45) is 0 Å². The third-order valence-electron chi connectivity index (χ3n) is 3.16. The Hall–Kier alpha value is -2.40. The summed E-state index contributed by atoms with van der Waals surface area (Å²) in [6.07, 6.45) is 3.57. The van der Waals surface area contributed by atoms with E-state index in [2.05, 4.69) is 10.3 Å². The van der Waals surface area contributed by atoms with Gasteiger partial charge in [-0.1, -0.05) is 18.2 Å². The van der Waals surface area contributed by atoms with E-state index in [1.165, 1.54) is 4.90 Å². The van der Waals surface area contributed by atoms with Gasteiger partial charge < -0.3 is 10.3 Å². The standard InChI is InChI=1S/C15H13N3OS/c1-10-5-2-3-7-13(10)18-14(19)12(17-15(18)20)9-11-6-4-8-16-11/h2-9,16H,1H3,(H,17,20)/b12-9+. The number of anilines is 1. The Kier molecular flexibility index (Phi) is 3.12. The van der Waals surface area contributed by atoms with Gasteiger partial charge in [-0.3, -0.25) is 9.69 Å². The number of aryl methyl sites for hydroxylation is 1. The number of amides is 1. The van der Waals surface area contributed by atoms with Crippen LogP contribution in [0.15, 0.2) is 48.3 Å². The van der Waals surface area contributed by atoms with Gasteiger partial charge >= 0.3 is 0 Å². The largest absolute Gasteiger partial charge is 0.362 e. The summed E-state index contributed by atoms with van der Waals surface area (Å²) in [5, 5.41) is 3.37. The third-order valence-corrected chi connectivity index (χ3v) is 3.44. The molecule has 0 atom stereocenters. The van der Waals surface area contributed by atoms with E-state index < -0.39 is 0 Å². The summed E-state index contributed by atoms with van der Waals surface area (Å²) in [4.78, 5) is 17.1. The van der Waals surface area contributed by atoms with E-state index in [1.807, 2.05) is 49.5 Å². The number of rotatable bonds is 2. The van der Waals surface area contributed by atoms with E-state index in [1.54, 1.807) is 6.08 Å². The van der Waals surface area contributed by atoms with Crippen LogP contribution >= 0.6 is 12.2 Å². The first-order chi connectivity index (χ1) is 9.66. The van der Waals surface area contributed by atoms with Gasteiger partial charge in [0, 0.05) is 11.9 Å². The number of benzene rings is 1. The predicted molar refractivity (Wildman–Crippen MR) is 83.2 cm³/mol. The second-order valence-electron chi connectivity index (χ2n) is 4.54. The zero-order chi connectivity index (χ0) is 14.1. The number of nitrogens with zero attached hydrogens (tertiary/aromatic N) is 1. The third kappa shape index (κ3) is 2.12. The molecule has 100 valence electrons. The first kappa shape index (κ1) is 12.6. The van der Waals surface area contributed by atoms with E-state index in [9.17, 15) is 4.79 Å². The molecule has 0 bridgehead atoms. The fourth-order valence-electron chi connectivity index (χ4n) is 2.16. The Morgan fingerprint density at radius 1 is 1.20 bits per heavy atom. The van der Waals surface area contributed by atoms with Crippen LogP contribution in [0.25, 0.3) is 6.08 Å². The molecule has 4 nitrogen and oxygen atoms in total. The number of hydrogen-bond donors (Lipinski definition) is 2. The number of aromatic amines is 1. The molecule has 20 heavy (non-hydrogen) atoms. The van der Waals surface area contributed by atoms with Crippen LogP contribution in [0.4, 0.5) is 5.69 Å². The summed E-state index contributed by atoms with van der Waals surface area (Å²) in [5.41, 5.74) is 3.15. The van der Waals surface area contributed by atoms with Crippen molar-refractivity contribution in [3.05, 3.63) is 59.5 Å². The van der Waals surface area contributed by atoms with E-state index in [4.69, 9.17) is 12.2 Å². The van der Waals surface area contributed by atoms with E-state index in [-0.39, 0.29) is 5.91 Å². The van der Waals surface area contributed by atoms with Crippen LogP contribution in [0.5, 0.6) is 0 Å². The highest BCUT2D eigenvalue weighted by Gasteiger charge is 2.32. The molecule has 1 saturated heterocycles. The number of carbonyl (C=O) groups excluding carboxylic acids is 1. The van der Waals surface area contributed by atoms with Gasteiger partial charge in [0.2, 0.25) is 0 Å². The predicted octanol–water partition coefficient (Wildman–Crippen LogP) is 2.59. The van der Waals surface area contributed by atoms with Gasteiger partial charge in [0.25, 0.3) is 5.91 Å². The molecule has 2 heterocycles. The molecule has 0 radical (unpaired) electrons. The Morgan fingerprint density at radius 2 is 2.00 bits per heavy atom. The molecule has 0 unspecified atom stereocenters. The molecule has 1 aromatic carbocycles. The molecule has 1 aliphatic heterocycles. The van der Waals surface area contributed by atoms with Crippen molar-refractivity contribution in [2.75, 3.05) is 4.90 Å². The van der Waals surface area contributed by atoms with Crippen LogP contribution in [-0.4, -0.2) is 16.0 Å². The Bertz CT molecular complexity index is 704. The first-order valence-corrected chi connectivity index (χ1v) is 6.64. The van der Waals surface area contributed by atoms with Crippen LogP contribution in [0, 0.1) is 6.92 Å². The number of H-pyrrole nitrogens is 1. The van der Waals surface area contributed by atoms with Gasteiger partial charge in [-0.25, -0.2) is 0 Å². The number of para-hydroxylation sites is 1. The number of nitrogens with one attached hydrogen (secondary N) is 2. The van der Waals surface area contributed by atoms with Crippen molar-refractivity contribution in [2.45, 2.75) is 6.92 Å². The maximum Gasteiger partial charge on any atom is 0.281 e. The Morgan fingerprint density at radius 3 is 2.70 bits per heavy atom. The van der Waals surface area contributed by atoms with Gasteiger partial charge in [0.05, 0.1) is 5.69 Å². The lowest BCUT2D eigenvalue weighted by Gasteiger charge is -2.16. The molecule has 2 N–H and O–H groups in total. The highest BCUT2D eigenvalue weighted by molar-refractivity contribution is 7.80. The molecular formula is C15H13N3OS. The summed E-state index contributed by atoms with van der Waals surface area (Å²) in [5.74, 6) is -0.140. The van der Waals surface area contributed by atoms with Crippen LogP contribution in [0.3, 0.4) is 0 Å². The maximum atomic E-state index is 12.5. The minimum absolute atomic E-state index is 0.140. The molecule has 1 aromatic heterocycles. The van der Waals surface area contributed by atoms with Gasteiger partial charge in [-0.15, -0.1) is 0 Å². The first-order valence-electron chi connectivity index (χ1n) is 6.23. The van der Waals surface area contributed by atoms with E-state index in [0.29, 0.717) is 10.8 Å². The quantitative estimate of drug-likeness (QED) is 0.658. The van der Waals surface area contributed by atoms with Crippen LogP contribution in [0.1, 0.15) is 11.3 Å². The molecule has 5 heteroatoms. The van der Waals surface area contributed by atoms with Crippen LogP contribution in [0.2, 0.25) is 0 Å². The second-order valence-corrected chi connectivity index (χ2v) is 4.93. The lowest BCUT2D eigenvalue weighted by Crippen LogP contribution is -2.30. The molecule has 0 saturated carbocycles. The molecular weight excluding hydrogens is 270 g/mol. The number of thiocarbonyl (C=S) groups is 1. The lowest BCUT2D eigenvalue weighted by molar-refractivity contribution is -0.113. The van der Waals surface area contributed by atoms with E-state index >= 15 is 0 Å². The average Bonchev–Trinajstić information content (AvgIpc) is 3.01. The summed E-state index contributed by atoms with van der Waals surface area (Å²) < 4.78 is 0. The van der Waals surface area contributed by atoms with Crippen molar-refractivity contribution in [1.82, 2.24) is 10.3 Å². The molecule has 2 aromatic rings. The molecule has 1 amide bonds. The number of aromatic nitrogens is 1. The highest BCUT2D eigenvalue weighted by Crippen LogP contribution is 2.25. The topological polar surface area (TPSA) is 48.1 Å². The average molecular weight is 283 g/mol. The summed E-state index contributed by atoms with van der Waals surface area (Å²) in [6.45, 7) is 1.96. The molecule has 1 fully saturated rings. The number of hydrogen-bond acceptors (Lipinski definition) is 2. The maximum absolute atomic E-state index is 12.5. The highest BCUT2D eigenvalue weighted by atomic mass is 32.1. The zero-order valence-electron chi connectivity index (χ0n) is 10.9. The lowest BCUT2D eigenvalue weighted by atomic mass is 10.2. The fraction of sp³-hybridized carbons (Fsp3) is 0.0667. The van der Waals surface area contributed by atoms with Crippen molar-refractivity contribution in [1.29, 1.82) is 0 Å². The van der Waals surface area contributed by atoms with Gasteiger partial charge in [-0.05, 0) is 49.0 Å². The summed E-state index contributed by atoms with van der Waals surface area (Å²) >= 11 is 5.27. The minimum atomic E-state index is -0.140. The SMILES string of the molecule is Cc1ccccc1N1C(=O)/C(=C\c2ccc[nH]2)NC1=S. The molecule has 1 aliphatic rings. The molecule has 0 aliphatic carbocycles. The van der Waals surface area contributed by atoms with Crippen molar-refractivity contribution >= 4 is 35.0 Å². The molecule has 3 rings (SSSR count). The smallest absolute Gasteiger partial charge is 0.281 e. The van der Waals surface area contributed by atoms with Gasteiger partial charge in [0.1, 0.15) is 5.70 Å². The van der Waals surface area contributed by atoms with E-state index in [0.717, 1.165) is 16.9 Å². The fourth-order valence-corrected chi connectivity index (χ4v) is 2.45. The molecule has 0 spiro atoms. The van der Waals surface area contributed by atoms with Crippen LogP contribution < -0.4 is 10.2 Å². The number of carbonyl (C=O) groups is 1. The summed E-state index contributed by atoms with van der Waals surface area (Å²) in [6, 6.07) is 11.4.